The van der Waals surface area contributed by atoms with Gasteiger partial charge in [0.1, 0.15) is 5.82 Å². The van der Waals surface area contributed by atoms with Crippen molar-refractivity contribution in [1.82, 2.24) is 4.72 Å². The molecule has 0 fully saturated rings. The molecule has 2 N–H and O–H groups in total. The average Bonchev–Trinajstić information content (AvgIpc) is 2.37. The van der Waals surface area contributed by atoms with E-state index in [0.717, 1.165) is 6.07 Å². The number of nitro benzene ring substituents is 1. The summed E-state index contributed by atoms with van der Waals surface area (Å²) >= 11 is 0. The summed E-state index contributed by atoms with van der Waals surface area (Å²) in [5.41, 5.74) is -2.03. The summed E-state index contributed by atoms with van der Waals surface area (Å²) < 4.78 is 40.5. The molecule has 0 atom stereocenters. The zero-order chi connectivity index (χ0) is 18.0. The SMILES string of the molecule is Cc1c(F)cc(S(=O)(=O)NC(C)(C)CCC(=O)O)cc1[N+](=O)[O-]. The average molecular weight is 348 g/mol. The molecule has 128 valence electrons. The van der Waals surface area contributed by atoms with Crippen LogP contribution in [0.4, 0.5) is 10.1 Å². The van der Waals surface area contributed by atoms with Crippen LogP contribution in [0.15, 0.2) is 17.0 Å². The van der Waals surface area contributed by atoms with E-state index in [-0.39, 0.29) is 18.4 Å². The summed E-state index contributed by atoms with van der Waals surface area (Å²) in [5.74, 6) is -2.10. The first-order valence-corrected chi connectivity index (χ1v) is 8.04. The number of rotatable bonds is 7. The molecule has 0 spiro atoms. The molecule has 8 nitrogen and oxygen atoms in total. The van der Waals surface area contributed by atoms with Gasteiger partial charge in [0.15, 0.2) is 0 Å². The molecule has 10 heteroatoms. The number of nitro groups is 1. The minimum atomic E-state index is -4.25. The van der Waals surface area contributed by atoms with E-state index in [4.69, 9.17) is 5.11 Å². The Kier molecular flexibility index (Phi) is 5.43. The molecule has 0 aliphatic carbocycles. The van der Waals surface area contributed by atoms with Crippen LogP contribution >= 0.6 is 0 Å². The van der Waals surface area contributed by atoms with Gasteiger partial charge in [0.25, 0.3) is 5.69 Å². The number of sulfonamides is 1. The number of hydrogen-bond acceptors (Lipinski definition) is 5. The van der Waals surface area contributed by atoms with E-state index in [9.17, 15) is 27.7 Å². The lowest BCUT2D eigenvalue weighted by Crippen LogP contribution is -2.43. The molecule has 0 bridgehead atoms. The van der Waals surface area contributed by atoms with E-state index in [1.165, 1.54) is 20.8 Å². The Balaban J connectivity index is 3.19. The van der Waals surface area contributed by atoms with Gasteiger partial charge in [-0.25, -0.2) is 17.5 Å². The van der Waals surface area contributed by atoms with Gasteiger partial charge >= 0.3 is 5.97 Å². The largest absolute Gasteiger partial charge is 0.481 e. The van der Waals surface area contributed by atoms with Crippen LogP contribution in [0.25, 0.3) is 0 Å². The third-order valence-electron chi connectivity index (χ3n) is 3.17. The lowest BCUT2D eigenvalue weighted by atomic mass is 10.0. The third-order valence-corrected chi connectivity index (χ3v) is 4.85. The number of nitrogens with one attached hydrogen (secondary N) is 1. The third kappa shape index (κ3) is 4.96. The molecule has 1 aromatic rings. The van der Waals surface area contributed by atoms with Gasteiger partial charge in [0, 0.05) is 18.0 Å². The smallest absolute Gasteiger partial charge is 0.303 e. The Morgan fingerprint density at radius 2 is 2.00 bits per heavy atom. The van der Waals surface area contributed by atoms with Crippen molar-refractivity contribution in [2.45, 2.75) is 44.0 Å². The maximum atomic E-state index is 13.7. The Morgan fingerprint density at radius 3 is 2.48 bits per heavy atom. The summed E-state index contributed by atoms with van der Waals surface area (Å²) in [7, 11) is -4.25. The molecule has 0 radical (unpaired) electrons. The summed E-state index contributed by atoms with van der Waals surface area (Å²) in [5, 5.41) is 19.5. The maximum Gasteiger partial charge on any atom is 0.303 e. The lowest BCUT2D eigenvalue weighted by molar-refractivity contribution is -0.385. The number of hydrogen-bond donors (Lipinski definition) is 2. The zero-order valence-electron chi connectivity index (χ0n) is 12.8. The number of benzene rings is 1. The normalized spacial score (nSPS) is 12.2. The van der Waals surface area contributed by atoms with Crippen molar-refractivity contribution in [3.63, 3.8) is 0 Å². The molecule has 0 aliphatic heterocycles. The Labute approximate surface area is 132 Å². The number of aliphatic carboxylic acids is 1. The fourth-order valence-electron chi connectivity index (χ4n) is 1.88. The highest BCUT2D eigenvalue weighted by Crippen LogP contribution is 2.26. The van der Waals surface area contributed by atoms with Crippen LogP contribution in [0.5, 0.6) is 0 Å². The number of nitrogens with zero attached hydrogens (tertiary/aromatic N) is 1. The molecule has 0 unspecified atom stereocenters. The van der Waals surface area contributed by atoms with E-state index in [1.807, 2.05) is 0 Å². The van der Waals surface area contributed by atoms with Crippen LogP contribution in [-0.2, 0) is 14.8 Å². The van der Waals surface area contributed by atoms with Crippen LogP contribution < -0.4 is 4.72 Å². The van der Waals surface area contributed by atoms with E-state index in [2.05, 4.69) is 4.72 Å². The molecule has 0 saturated heterocycles. The second-order valence-corrected chi connectivity index (χ2v) is 7.37. The van der Waals surface area contributed by atoms with Gasteiger partial charge in [0.2, 0.25) is 10.0 Å². The second kappa shape index (κ2) is 6.59. The predicted octanol–water partition coefficient (Wildman–Crippen LogP) is 1.96. The van der Waals surface area contributed by atoms with Gasteiger partial charge in [0.05, 0.1) is 15.4 Å². The summed E-state index contributed by atoms with van der Waals surface area (Å²) in [4.78, 5) is 20.0. The number of carboxylic acids is 1. The van der Waals surface area contributed by atoms with Gasteiger partial charge in [-0.15, -0.1) is 0 Å². The summed E-state index contributed by atoms with van der Waals surface area (Å²) in [6.45, 7) is 4.10. The monoisotopic (exact) mass is 348 g/mol. The van der Waals surface area contributed by atoms with E-state index in [1.54, 1.807) is 0 Å². The fourth-order valence-corrected chi connectivity index (χ4v) is 3.35. The Morgan fingerprint density at radius 1 is 1.43 bits per heavy atom. The van der Waals surface area contributed by atoms with Crippen LogP contribution in [0.2, 0.25) is 0 Å². The lowest BCUT2D eigenvalue weighted by Gasteiger charge is -2.25. The molecule has 1 rings (SSSR count). The highest BCUT2D eigenvalue weighted by atomic mass is 32.2. The molecule has 0 aliphatic rings. The van der Waals surface area contributed by atoms with Gasteiger partial charge in [-0.1, -0.05) is 0 Å². The maximum absolute atomic E-state index is 13.7. The van der Waals surface area contributed by atoms with Crippen molar-refractivity contribution < 1.29 is 27.6 Å². The van der Waals surface area contributed by atoms with Crippen molar-refractivity contribution in [1.29, 1.82) is 0 Å². The zero-order valence-corrected chi connectivity index (χ0v) is 13.6. The van der Waals surface area contributed by atoms with Gasteiger partial charge in [-0.2, -0.15) is 0 Å². The minimum absolute atomic E-state index is 0.00198. The number of halogens is 1. The van der Waals surface area contributed by atoms with Crippen molar-refractivity contribution >= 4 is 21.7 Å². The van der Waals surface area contributed by atoms with E-state index < -0.39 is 42.9 Å². The van der Waals surface area contributed by atoms with Crippen molar-refractivity contribution in [2.75, 3.05) is 0 Å². The molecular weight excluding hydrogens is 331 g/mol. The first-order chi connectivity index (χ1) is 10.4. The number of carboxylic acid groups (broad SMARTS) is 1. The predicted molar refractivity (Wildman–Crippen MR) is 79.1 cm³/mol. The summed E-state index contributed by atoms with van der Waals surface area (Å²) in [6.07, 6.45) is -0.268. The molecule has 23 heavy (non-hydrogen) atoms. The van der Waals surface area contributed by atoms with Crippen molar-refractivity contribution in [3.8, 4) is 0 Å². The van der Waals surface area contributed by atoms with Crippen LogP contribution in [0.1, 0.15) is 32.3 Å². The Bertz CT molecular complexity index is 745. The fraction of sp³-hybridized carbons (Fsp3) is 0.462. The Hall–Kier alpha value is -2.07. The minimum Gasteiger partial charge on any atom is -0.481 e. The van der Waals surface area contributed by atoms with E-state index >= 15 is 0 Å². The van der Waals surface area contributed by atoms with Gasteiger partial charge in [-0.3, -0.25) is 14.9 Å². The summed E-state index contributed by atoms with van der Waals surface area (Å²) in [6, 6.07) is 1.46. The van der Waals surface area contributed by atoms with Gasteiger partial charge in [-0.05, 0) is 33.3 Å². The molecule has 0 aromatic heterocycles. The van der Waals surface area contributed by atoms with Crippen LogP contribution in [-0.4, -0.2) is 30.0 Å². The first kappa shape index (κ1) is 19.0. The second-order valence-electron chi connectivity index (χ2n) is 5.69. The van der Waals surface area contributed by atoms with Gasteiger partial charge < -0.3 is 5.11 Å². The first-order valence-electron chi connectivity index (χ1n) is 6.56. The van der Waals surface area contributed by atoms with Crippen molar-refractivity contribution in [2.24, 2.45) is 0 Å². The van der Waals surface area contributed by atoms with Crippen LogP contribution in [0.3, 0.4) is 0 Å². The molecule has 1 aromatic carbocycles. The standard InChI is InChI=1S/C13H17FN2O6S/c1-8-10(14)6-9(7-11(8)16(19)20)23(21,22)15-13(2,3)5-4-12(17)18/h6-7,15H,4-5H2,1-3H3,(H,17,18). The molecule has 0 saturated carbocycles. The highest BCUT2D eigenvalue weighted by Gasteiger charge is 2.29. The molecular formula is C13H17FN2O6S. The van der Waals surface area contributed by atoms with E-state index in [0.29, 0.717) is 6.07 Å². The molecule has 0 amide bonds. The molecule has 0 heterocycles. The van der Waals surface area contributed by atoms with Crippen LogP contribution in [0, 0.1) is 22.9 Å². The van der Waals surface area contributed by atoms with Crippen molar-refractivity contribution in [3.05, 3.63) is 33.6 Å². The number of carbonyl (C=O) groups is 1. The highest BCUT2D eigenvalue weighted by molar-refractivity contribution is 7.89. The quantitative estimate of drug-likeness (QED) is 0.573. The topological polar surface area (TPSA) is 127 Å².